The van der Waals surface area contributed by atoms with Gasteiger partial charge in [-0.25, -0.2) is 4.79 Å². The molecule has 1 aromatic carbocycles. The maximum absolute atomic E-state index is 10.9. The Morgan fingerprint density at radius 1 is 1.53 bits per heavy atom. The lowest BCUT2D eigenvalue weighted by Crippen LogP contribution is -2.24. The largest absolute Gasteiger partial charge is 0.479 e. The third-order valence-electron chi connectivity index (χ3n) is 2.89. The van der Waals surface area contributed by atoms with Gasteiger partial charge in [-0.1, -0.05) is 11.6 Å². The monoisotopic (exact) mass is 233 g/mol. The lowest BCUT2D eigenvalue weighted by molar-refractivity contribution is -0.148. The summed E-state index contributed by atoms with van der Waals surface area (Å²) in [5.41, 5.74) is 3.14. The molecule has 0 unspecified atom stereocenters. The van der Waals surface area contributed by atoms with Crippen molar-refractivity contribution in [2.45, 2.75) is 19.4 Å². The molecule has 1 aromatic heterocycles. The first kappa shape index (κ1) is 11.7. The molecule has 0 radical (unpaired) electrons. The van der Waals surface area contributed by atoms with Crippen LogP contribution in [0.2, 0.25) is 0 Å². The number of H-pyrrole nitrogens is 1. The van der Waals surface area contributed by atoms with E-state index in [9.17, 15) is 4.79 Å². The van der Waals surface area contributed by atoms with Crippen molar-refractivity contribution in [2.24, 2.45) is 0 Å². The van der Waals surface area contributed by atoms with Gasteiger partial charge in [0, 0.05) is 30.6 Å². The molecule has 1 heterocycles. The van der Waals surface area contributed by atoms with Crippen LogP contribution in [0, 0.1) is 6.92 Å². The van der Waals surface area contributed by atoms with Crippen molar-refractivity contribution >= 4 is 16.9 Å². The second-order valence-electron chi connectivity index (χ2n) is 4.13. The number of nitrogens with one attached hydrogen (secondary N) is 1. The van der Waals surface area contributed by atoms with E-state index in [0.29, 0.717) is 6.42 Å². The van der Waals surface area contributed by atoms with Crippen LogP contribution in [0.1, 0.15) is 11.1 Å². The van der Waals surface area contributed by atoms with E-state index in [1.54, 1.807) is 0 Å². The van der Waals surface area contributed by atoms with E-state index in [0.717, 1.165) is 22.0 Å². The number of carboxylic acid groups (broad SMARTS) is 1. The topological polar surface area (TPSA) is 62.3 Å². The molecule has 0 bridgehead atoms. The van der Waals surface area contributed by atoms with Crippen molar-refractivity contribution in [3.63, 3.8) is 0 Å². The normalized spacial score (nSPS) is 12.8. The number of hydrogen-bond acceptors (Lipinski definition) is 2. The quantitative estimate of drug-likeness (QED) is 0.850. The van der Waals surface area contributed by atoms with Crippen molar-refractivity contribution in [1.82, 2.24) is 4.98 Å². The van der Waals surface area contributed by atoms with Crippen LogP contribution < -0.4 is 0 Å². The summed E-state index contributed by atoms with van der Waals surface area (Å²) < 4.78 is 4.95. The number of aryl methyl sites for hydroxylation is 1. The average molecular weight is 233 g/mol. The Balaban J connectivity index is 2.35. The molecule has 2 rings (SSSR count). The fourth-order valence-corrected chi connectivity index (χ4v) is 1.93. The molecule has 2 aromatic rings. The number of aromatic nitrogens is 1. The first-order valence-electron chi connectivity index (χ1n) is 5.44. The molecule has 0 saturated carbocycles. The number of rotatable bonds is 4. The fraction of sp³-hybridized carbons (Fsp3) is 0.308. The third kappa shape index (κ3) is 2.31. The number of methoxy groups -OCH3 is 1. The molecule has 0 aliphatic carbocycles. The zero-order chi connectivity index (χ0) is 12.4. The van der Waals surface area contributed by atoms with Crippen LogP contribution in [0.15, 0.2) is 24.4 Å². The molecule has 17 heavy (non-hydrogen) atoms. The van der Waals surface area contributed by atoms with Crippen LogP contribution in [-0.2, 0) is 16.0 Å². The van der Waals surface area contributed by atoms with E-state index in [1.165, 1.54) is 7.11 Å². The number of ether oxygens (including phenoxy) is 1. The first-order valence-corrected chi connectivity index (χ1v) is 5.44. The fourth-order valence-electron chi connectivity index (χ4n) is 1.93. The van der Waals surface area contributed by atoms with Crippen LogP contribution >= 0.6 is 0 Å². The van der Waals surface area contributed by atoms with Crippen molar-refractivity contribution < 1.29 is 14.6 Å². The Kier molecular flexibility index (Phi) is 3.15. The molecule has 0 fully saturated rings. The summed E-state index contributed by atoms with van der Waals surface area (Å²) in [4.78, 5) is 14.1. The van der Waals surface area contributed by atoms with Gasteiger partial charge >= 0.3 is 5.97 Å². The van der Waals surface area contributed by atoms with Crippen molar-refractivity contribution in [2.75, 3.05) is 7.11 Å². The second kappa shape index (κ2) is 4.59. The van der Waals surface area contributed by atoms with Gasteiger partial charge < -0.3 is 14.8 Å². The van der Waals surface area contributed by atoms with Gasteiger partial charge in [0.2, 0.25) is 0 Å². The highest BCUT2D eigenvalue weighted by molar-refractivity contribution is 5.84. The van der Waals surface area contributed by atoms with Gasteiger partial charge in [-0.2, -0.15) is 0 Å². The smallest absolute Gasteiger partial charge is 0.333 e. The van der Waals surface area contributed by atoms with Crippen molar-refractivity contribution in [1.29, 1.82) is 0 Å². The zero-order valence-corrected chi connectivity index (χ0v) is 9.86. The van der Waals surface area contributed by atoms with Gasteiger partial charge in [-0.15, -0.1) is 0 Å². The molecule has 4 heteroatoms. The number of aromatic amines is 1. The molecule has 90 valence electrons. The summed E-state index contributed by atoms with van der Waals surface area (Å²) in [5, 5.41) is 10.0. The molecular formula is C13H15NO3. The van der Waals surface area contributed by atoms with Crippen LogP contribution in [0.3, 0.4) is 0 Å². The van der Waals surface area contributed by atoms with Crippen LogP contribution in [0.4, 0.5) is 0 Å². The summed E-state index contributed by atoms with van der Waals surface area (Å²) >= 11 is 0. The van der Waals surface area contributed by atoms with E-state index >= 15 is 0 Å². The molecule has 0 amide bonds. The highest BCUT2D eigenvalue weighted by Gasteiger charge is 2.18. The highest BCUT2D eigenvalue weighted by Crippen LogP contribution is 2.21. The zero-order valence-electron chi connectivity index (χ0n) is 9.86. The molecule has 2 N–H and O–H groups in total. The molecule has 0 saturated heterocycles. The van der Waals surface area contributed by atoms with Gasteiger partial charge in [0.15, 0.2) is 6.10 Å². The molecule has 0 aliphatic heterocycles. The number of carboxylic acids is 1. The van der Waals surface area contributed by atoms with Crippen LogP contribution in [0.25, 0.3) is 10.9 Å². The Morgan fingerprint density at radius 2 is 2.29 bits per heavy atom. The second-order valence-corrected chi connectivity index (χ2v) is 4.13. The SMILES string of the molecule is CO[C@@H](Cc1c[nH]c2ccc(C)cc12)C(=O)O. The predicted molar refractivity (Wildman–Crippen MR) is 65.2 cm³/mol. The van der Waals surface area contributed by atoms with Gasteiger partial charge in [0.25, 0.3) is 0 Å². The molecule has 4 nitrogen and oxygen atoms in total. The Bertz CT molecular complexity index is 545. The number of benzene rings is 1. The van der Waals surface area contributed by atoms with Crippen molar-refractivity contribution in [3.8, 4) is 0 Å². The van der Waals surface area contributed by atoms with Gasteiger partial charge in [0.05, 0.1) is 0 Å². The maximum Gasteiger partial charge on any atom is 0.333 e. The molecule has 1 atom stereocenters. The van der Waals surface area contributed by atoms with E-state index in [2.05, 4.69) is 11.1 Å². The highest BCUT2D eigenvalue weighted by atomic mass is 16.5. The standard InChI is InChI=1S/C13H15NO3/c1-8-3-4-11-10(5-8)9(7-14-11)6-12(17-2)13(15)16/h3-5,7,12,14H,6H2,1-2H3,(H,15,16)/t12-/m0/s1. The Labute approximate surface area is 99.2 Å². The minimum Gasteiger partial charge on any atom is -0.479 e. The minimum atomic E-state index is -0.936. The van der Waals surface area contributed by atoms with Gasteiger partial charge in [0.1, 0.15) is 0 Å². The summed E-state index contributed by atoms with van der Waals surface area (Å²) in [6.07, 6.45) is 1.42. The minimum absolute atomic E-state index is 0.370. The van der Waals surface area contributed by atoms with Gasteiger partial charge in [-0.3, -0.25) is 0 Å². The Hall–Kier alpha value is -1.81. The number of hydrogen-bond donors (Lipinski definition) is 2. The van der Waals surface area contributed by atoms with E-state index < -0.39 is 12.1 Å². The number of fused-ring (bicyclic) bond motifs is 1. The summed E-state index contributed by atoms with van der Waals surface area (Å²) in [6, 6.07) is 6.07. The van der Waals surface area contributed by atoms with Crippen molar-refractivity contribution in [3.05, 3.63) is 35.5 Å². The summed E-state index contributed by atoms with van der Waals surface area (Å²) in [6.45, 7) is 2.02. The van der Waals surface area contributed by atoms with Gasteiger partial charge in [-0.05, 0) is 24.6 Å². The molecular weight excluding hydrogens is 218 g/mol. The number of carbonyl (C=O) groups is 1. The first-order chi connectivity index (χ1) is 8.11. The lowest BCUT2D eigenvalue weighted by Gasteiger charge is -2.09. The van der Waals surface area contributed by atoms with E-state index in [4.69, 9.17) is 9.84 Å². The predicted octanol–water partition coefficient (Wildman–Crippen LogP) is 2.12. The van der Waals surface area contributed by atoms with Crippen LogP contribution in [-0.4, -0.2) is 29.3 Å². The summed E-state index contributed by atoms with van der Waals surface area (Å²) in [5.74, 6) is -0.936. The van der Waals surface area contributed by atoms with Crippen LogP contribution in [0.5, 0.6) is 0 Å². The Morgan fingerprint density at radius 3 is 2.94 bits per heavy atom. The summed E-state index contributed by atoms with van der Waals surface area (Å²) in [7, 11) is 1.42. The van der Waals surface area contributed by atoms with E-state index in [1.807, 2.05) is 25.3 Å². The average Bonchev–Trinajstić information content (AvgIpc) is 2.68. The molecule has 0 aliphatic rings. The van der Waals surface area contributed by atoms with E-state index in [-0.39, 0.29) is 0 Å². The molecule has 0 spiro atoms. The third-order valence-corrected chi connectivity index (χ3v) is 2.89. The number of aliphatic carboxylic acids is 1. The maximum atomic E-state index is 10.9. The lowest BCUT2D eigenvalue weighted by atomic mass is 10.1.